The van der Waals surface area contributed by atoms with Crippen molar-refractivity contribution in [1.82, 2.24) is 10.2 Å². The first-order valence-electron chi connectivity index (χ1n) is 10.4. The van der Waals surface area contributed by atoms with E-state index >= 15 is 0 Å². The van der Waals surface area contributed by atoms with Crippen LogP contribution in [-0.4, -0.2) is 10.2 Å². The number of aromatic nitrogens is 2. The van der Waals surface area contributed by atoms with Gasteiger partial charge < -0.3 is 15.2 Å². The third-order valence-electron chi connectivity index (χ3n) is 5.58. The zero-order valence-electron chi connectivity index (χ0n) is 17.8. The van der Waals surface area contributed by atoms with Crippen LogP contribution in [0.25, 0.3) is 11.3 Å². The molecule has 5 rings (SSSR count). The Balaban J connectivity index is 1.53. The van der Waals surface area contributed by atoms with E-state index in [0.29, 0.717) is 33.9 Å². The van der Waals surface area contributed by atoms with Crippen molar-refractivity contribution in [2.24, 2.45) is 5.73 Å². The first-order chi connectivity index (χ1) is 16.5. The molecule has 34 heavy (non-hydrogen) atoms. The third kappa shape index (κ3) is 4.19. The van der Waals surface area contributed by atoms with Gasteiger partial charge in [0.1, 0.15) is 24.0 Å². The summed E-state index contributed by atoms with van der Waals surface area (Å²) in [5, 5.41) is 18.6. The molecular formula is C26H18Cl2N4O2. The molecule has 8 heteroatoms. The number of halogens is 2. The Morgan fingerprint density at radius 1 is 1.03 bits per heavy atom. The predicted molar refractivity (Wildman–Crippen MR) is 131 cm³/mol. The Bertz CT molecular complexity index is 1420. The number of H-pyrrole nitrogens is 1. The molecule has 0 fully saturated rings. The summed E-state index contributed by atoms with van der Waals surface area (Å²) in [4.78, 5) is 0. The van der Waals surface area contributed by atoms with Crippen LogP contribution in [0, 0.1) is 11.3 Å². The van der Waals surface area contributed by atoms with Gasteiger partial charge in [-0.2, -0.15) is 5.26 Å². The van der Waals surface area contributed by atoms with Crippen LogP contribution in [0.3, 0.4) is 0 Å². The maximum atomic E-state index is 9.94. The van der Waals surface area contributed by atoms with Gasteiger partial charge in [-0.25, -0.2) is 0 Å². The van der Waals surface area contributed by atoms with E-state index in [2.05, 4.69) is 16.3 Å². The lowest BCUT2D eigenvalue weighted by Crippen LogP contribution is -2.21. The van der Waals surface area contributed by atoms with Crippen LogP contribution in [-0.2, 0) is 6.61 Å². The molecule has 3 N–H and O–H groups in total. The van der Waals surface area contributed by atoms with E-state index in [0.717, 1.165) is 27.9 Å². The second kappa shape index (κ2) is 9.14. The van der Waals surface area contributed by atoms with Crippen LogP contribution in [0.15, 0.2) is 84.3 Å². The zero-order chi connectivity index (χ0) is 23.7. The summed E-state index contributed by atoms with van der Waals surface area (Å²) in [6.45, 7) is 0.379. The van der Waals surface area contributed by atoms with E-state index in [1.54, 1.807) is 12.1 Å². The maximum Gasteiger partial charge on any atom is 0.244 e. The average Bonchev–Trinajstić information content (AvgIpc) is 3.26. The molecule has 0 amide bonds. The van der Waals surface area contributed by atoms with Gasteiger partial charge in [-0.3, -0.25) is 5.10 Å². The number of rotatable bonds is 5. The summed E-state index contributed by atoms with van der Waals surface area (Å²) in [6.07, 6.45) is 0. The van der Waals surface area contributed by atoms with Crippen molar-refractivity contribution in [1.29, 1.82) is 5.26 Å². The smallest absolute Gasteiger partial charge is 0.244 e. The van der Waals surface area contributed by atoms with Crippen molar-refractivity contribution in [2.45, 2.75) is 12.5 Å². The Kier molecular flexibility index (Phi) is 5.89. The molecular weight excluding hydrogens is 471 g/mol. The van der Waals surface area contributed by atoms with Gasteiger partial charge in [-0.15, -0.1) is 5.10 Å². The van der Waals surface area contributed by atoms with E-state index in [1.165, 1.54) is 0 Å². The summed E-state index contributed by atoms with van der Waals surface area (Å²) >= 11 is 12.0. The lowest BCUT2D eigenvalue weighted by Gasteiger charge is -2.24. The number of benzene rings is 3. The van der Waals surface area contributed by atoms with Crippen LogP contribution in [0.1, 0.15) is 22.6 Å². The van der Waals surface area contributed by atoms with Crippen molar-refractivity contribution in [3.05, 3.63) is 111 Å². The van der Waals surface area contributed by atoms with E-state index in [1.807, 2.05) is 60.7 Å². The molecule has 1 aliphatic rings. The van der Waals surface area contributed by atoms with Crippen LogP contribution in [0.2, 0.25) is 10.0 Å². The highest BCUT2D eigenvalue weighted by atomic mass is 35.5. The fourth-order valence-corrected chi connectivity index (χ4v) is 4.20. The quantitative estimate of drug-likeness (QED) is 0.349. The summed E-state index contributed by atoms with van der Waals surface area (Å²) in [5.74, 6) is 0.533. The van der Waals surface area contributed by atoms with Crippen molar-refractivity contribution >= 4 is 23.2 Å². The molecule has 0 saturated heterocycles. The largest absolute Gasteiger partial charge is 0.489 e. The van der Waals surface area contributed by atoms with Gasteiger partial charge in [0.15, 0.2) is 0 Å². The lowest BCUT2D eigenvalue weighted by molar-refractivity contribution is 0.306. The maximum absolute atomic E-state index is 9.94. The molecule has 0 aliphatic carbocycles. The number of hydrogen-bond donors (Lipinski definition) is 2. The monoisotopic (exact) mass is 488 g/mol. The Morgan fingerprint density at radius 2 is 1.74 bits per heavy atom. The molecule has 168 valence electrons. The van der Waals surface area contributed by atoms with Gasteiger partial charge in [0, 0.05) is 15.6 Å². The molecule has 4 aromatic rings. The summed E-state index contributed by atoms with van der Waals surface area (Å²) in [5.41, 5.74) is 10.5. The molecule has 1 aromatic heterocycles. The number of fused-ring (bicyclic) bond motifs is 1. The van der Waals surface area contributed by atoms with Gasteiger partial charge in [0.2, 0.25) is 11.8 Å². The zero-order valence-corrected chi connectivity index (χ0v) is 19.3. The van der Waals surface area contributed by atoms with Crippen LogP contribution < -0.4 is 15.2 Å². The minimum absolute atomic E-state index is 0.0293. The molecule has 6 nitrogen and oxygen atoms in total. The molecule has 2 heterocycles. The van der Waals surface area contributed by atoms with Gasteiger partial charge >= 0.3 is 0 Å². The van der Waals surface area contributed by atoms with Crippen LogP contribution in [0.4, 0.5) is 0 Å². The lowest BCUT2D eigenvalue weighted by atomic mass is 9.83. The number of allylic oxidation sites excluding steroid dienone is 1. The second-order valence-electron chi connectivity index (χ2n) is 7.74. The molecule has 3 aromatic carbocycles. The van der Waals surface area contributed by atoms with Crippen molar-refractivity contribution in [2.75, 3.05) is 0 Å². The highest BCUT2D eigenvalue weighted by molar-refractivity contribution is 6.30. The standard InChI is InChI=1S/C26H18Cl2N4O2/c27-18-8-4-15(5-9-18)14-33-20-3-1-2-17(12-20)22-21(13-29)25(30)34-26-23(22)24(31-32-26)16-6-10-19(28)11-7-16/h1-12,22H,14,30H2,(H,31,32)/t22-/m1/s1. The Hall–Kier alpha value is -3.92. The third-order valence-corrected chi connectivity index (χ3v) is 6.09. The number of ether oxygens (including phenoxy) is 2. The van der Waals surface area contributed by atoms with E-state index in [9.17, 15) is 5.26 Å². The van der Waals surface area contributed by atoms with E-state index in [-0.39, 0.29) is 5.88 Å². The van der Waals surface area contributed by atoms with Crippen LogP contribution in [0.5, 0.6) is 11.6 Å². The first kappa shape index (κ1) is 21.9. The second-order valence-corrected chi connectivity index (χ2v) is 8.61. The molecule has 1 aliphatic heterocycles. The van der Waals surface area contributed by atoms with Crippen molar-refractivity contribution < 1.29 is 9.47 Å². The number of nitrogens with zero attached hydrogens (tertiary/aromatic N) is 2. The first-order valence-corrected chi connectivity index (χ1v) is 11.2. The minimum atomic E-state index is -0.489. The highest BCUT2D eigenvalue weighted by Crippen LogP contribution is 2.46. The minimum Gasteiger partial charge on any atom is -0.489 e. The summed E-state index contributed by atoms with van der Waals surface area (Å²) in [6, 6.07) is 24.6. The van der Waals surface area contributed by atoms with Gasteiger partial charge in [-0.05, 0) is 47.5 Å². The SMILES string of the molecule is N#CC1=C(N)Oc2n[nH]c(-c3ccc(Cl)cc3)c2[C@@H]1c1cccc(OCc2ccc(Cl)cc2)c1. The Labute approximate surface area is 206 Å². The number of nitrogens with one attached hydrogen (secondary N) is 1. The van der Waals surface area contributed by atoms with Crippen molar-refractivity contribution in [3.8, 4) is 29.0 Å². The average molecular weight is 489 g/mol. The van der Waals surface area contributed by atoms with Gasteiger partial charge in [0.25, 0.3) is 0 Å². The van der Waals surface area contributed by atoms with E-state index in [4.69, 9.17) is 38.4 Å². The number of hydrogen-bond acceptors (Lipinski definition) is 5. The van der Waals surface area contributed by atoms with Gasteiger partial charge in [0.05, 0.1) is 17.2 Å². The van der Waals surface area contributed by atoms with Crippen LogP contribution >= 0.6 is 23.2 Å². The Morgan fingerprint density at radius 3 is 2.44 bits per heavy atom. The van der Waals surface area contributed by atoms with Crippen molar-refractivity contribution in [3.63, 3.8) is 0 Å². The highest BCUT2D eigenvalue weighted by Gasteiger charge is 2.35. The fourth-order valence-electron chi connectivity index (χ4n) is 3.95. The predicted octanol–water partition coefficient (Wildman–Crippen LogP) is 6.18. The molecule has 0 unspecified atom stereocenters. The fraction of sp³-hybridized carbons (Fsp3) is 0.0769. The number of nitriles is 1. The topological polar surface area (TPSA) is 97.0 Å². The summed E-state index contributed by atoms with van der Waals surface area (Å²) in [7, 11) is 0. The molecule has 0 spiro atoms. The molecule has 0 bridgehead atoms. The number of nitrogens with two attached hydrogens (primary N) is 1. The van der Waals surface area contributed by atoms with Gasteiger partial charge in [-0.1, -0.05) is 59.6 Å². The summed E-state index contributed by atoms with van der Waals surface area (Å²) < 4.78 is 11.7. The number of aromatic amines is 1. The molecule has 1 atom stereocenters. The van der Waals surface area contributed by atoms with E-state index < -0.39 is 5.92 Å². The molecule has 0 saturated carbocycles. The normalized spacial score (nSPS) is 14.8. The molecule has 0 radical (unpaired) electrons.